The number of nitro benzene ring substituents is 1. The lowest BCUT2D eigenvalue weighted by Crippen LogP contribution is -2.08. The summed E-state index contributed by atoms with van der Waals surface area (Å²) in [6.07, 6.45) is -4.67. The maximum Gasteiger partial charge on any atom is 0.417 e. The lowest BCUT2D eigenvalue weighted by atomic mass is 10.0. The zero-order valence-corrected chi connectivity index (χ0v) is 21.6. The van der Waals surface area contributed by atoms with Gasteiger partial charge in [-0.05, 0) is 67.1 Å². The number of hydrogen-bond acceptors (Lipinski definition) is 5. The highest BCUT2D eigenvalue weighted by Gasteiger charge is 2.36. The lowest BCUT2D eigenvalue weighted by molar-refractivity contribution is -0.384. The second-order valence-electron chi connectivity index (χ2n) is 8.58. The van der Waals surface area contributed by atoms with Crippen molar-refractivity contribution in [2.24, 2.45) is 0 Å². The highest BCUT2D eigenvalue weighted by Crippen LogP contribution is 2.39. The molecule has 0 amide bonds. The molecule has 0 radical (unpaired) electrons. The molecule has 12 heteroatoms. The van der Waals surface area contributed by atoms with Crippen molar-refractivity contribution in [3.05, 3.63) is 110 Å². The van der Waals surface area contributed by atoms with Crippen molar-refractivity contribution in [2.45, 2.75) is 19.7 Å². The Labute approximate surface area is 229 Å². The van der Waals surface area contributed by atoms with Crippen molar-refractivity contribution in [1.82, 2.24) is 14.8 Å². The number of aryl methyl sites for hydroxylation is 1. The second kappa shape index (κ2) is 10.2. The fraction of sp³-hybridized carbons (Fsp3) is 0.111. The minimum Gasteiger partial charge on any atom is -0.489 e. The van der Waals surface area contributed by atoms with E-state index in [2.05, 4.69) is 10.1 Å². The molecule has 0 atom stereocenters. The third-order valence-corrected chi connectivity index (χ3v) is 6.70. The summed E-state index contributed by atoms with van der Waals surface area (Å²) in [5, 5.41) is 16.0. The monoisotopic (exact) mass is 572 g/mol. The molecule has 0 saturated heterocycles. The largest absolute Gasteiger partial charge is 0.489 e. The number of benzene rings is 3. The SMILES string of the molecule is Cc1nn(-c2ccc([N+](=O)[O-])cc2)c2nc(-c3ccc(OCc4ccc(Cl)c(Cl)c4)cc3)cc(C(F)(F)F)c12. The topological polar surface area (TPSA) is 83.1 Å². The van der Waals surface area contributed by atoms with Gasteiger partial charge >= 0.3 is 6.18 Å². The third kappa shape index (κ3) is 5.39. The predicted molar refractivity (Wildman–Crippen MR) is 141 cm³/mol. The van der Waals surface area contributed by atoms with Crippen LogP contribution in [0.15, 0.2) is 72.8 Å². The van der Waals surface area contributed by atoms with Gasteiger partial charge in [-0.2, -0.15) is 18.3 Å². The Morgan fingerprint density at radius 3 is 2.28 bits per heavy atom. The van der Waals surface area contributed by atoms with Crippen LogP contribution in [0.2, 0.25) is 10.0 Å². The fourth-order valence-corrected chi connectivity index (χ4v) is 4.39. The molecule has 39 heavy (non-hydrogen) atoms. The number of hydrogen-bond donors (Lipinski definition) is 0. The summed E-state index contributed by atoms with van der Waals surface area (Å²) in [5.74, 6) is 0.494. The summed E-state index contributed by atoms with van der Waals surface area (Å²) in [4.78, 5) is 15.0. The highest BCUT2D eigenvalue weighted by atomic mass is 35.5. The van der Waals surface area contributed by atoms with E-state index in [0.29, 0.717) is 27.0 Å². The van der Waals surface area contributed by atoms with Crippen LogP contribution in [0.1, 0.15) is 16.8 Å². The van der Waals surface area contributed by atoms with E-state index >= 15 is 0 Å². The molecule has 2 heterocycles. The van der Waals surface area contributed by atoms with Gasteiger partial charge in [0.15, 0.2) is 5.65 Å². The van der Waals surface area contributed by atoms with Gasteiger partial charge in [0.25, 0.3) is 5.69 Å². The molecule has 0 N–H and O–H groups in total. The minimum absolute atomic E-state index is 0.0221. The van der Waals surface area contributed by atoms with Crippen LogP contribution in [-0.4, -0.2) is 19.7 Å². The standard InChI is InChI=1S/C27H17Cl2F3N4O3/c1-15-25-21(27(30,31)32)13-24(33-26(25)35(34-15)18-5-7-19(8-6-18)36(37)38)17-3-9-20(10-4-17)39-14-16-2-11-22(28)23(29)12-16/h2-13H,14H2,1H3. The van der Waals surface area contributed by atoms with Gasteiger partial charge in [-0.1, -0.05) is 29.3 Å². The molecule has 0 aliphatic heterocycles. The summed E-state index contributed by atoms with van der Waals surface area (Å²) in [6, 6.07) is 17.9. The molecule has 0 fully saturated rings. The van der Waals surface area contributed by atoms with Crippen LogP contribution in [0, 0.1) is 17.0 Å². The van der Waals surface area contributed by atoms with E-state index in [1.807, 2.05) is 0 Å². The molecule has 0 aliphatic rings. The number of fused-ring (bicyclic) bond motifs is 1. The van der Waals surface area contributed by atoms with Crippen LogP contribution in [-0.2, 0) is 12.8 Å². The Bertz CT molecular complexity index is 1700. The normalized spacial score (nSPS) is 11.6. The molecular formula is C27H17Cl2F3N4O3. The third-order valence-electron chi connectivity index (χ3n) is 5.96. The first-order chi connectivity index (χ1) is 18.5. The van der Waals surface area contributed by atoms with E-state index in [-0.39, 0.29) is 34.7 Å². The summed E-state index contributed by atoms with van der Waals surface area (Å²) in [6.45, 7) is 1.67. The van der Waals surface area contributed by atoms with Crippen molar-refractivity contribution in [3.63, 3.8) is 0 Å². The molecule has 5 rings (SSSR count). The molecule has 7 nitrogen and oxygen atoms in total. The fourth-order valence-electron chi connectivity index (χ4n) is 4.07. The first-order valence-corrected chi connectivity index (χ1v) is 12.2. The molecule has 0 saturated carbocycles. The minimum atomic E-state index is -4.67. The number of nitro groups is 1. The van der Waals surface area contributed by atoms with Crippen molar-refractivity contribution in [2.75, 3.05) is 0 Å². The molecule has 0 bridgehead atoms. The van der Waals surface area contributed by atoms with Crippen molar-refractivity contribution >= 4 is 39.9 Å². The van der Waals surface area contributed by atoms with Gasteiger partial charge in [0.1, 0.15) is 12.4 Å². The van der Waals surface area contributed by atoms with Gasteiger partial charge in [-0.15, -0.1) is 0 Å². The van der Waals surface area contributed by atoms with Gasteiger partial charge in [-0.3, -0.25) is 10.1 Å². The van der Waals surface area contributed by atoms with Gasteiger partial charge in [0.05, 0.1) is 43.0 Å². The number of halogens is 5. The van der Waals surface area contributed by atoms with Crippen LogP contribution in [0.25, 0.3) is 28.0 Å². The van der Waals surface area contributed by atoms with Crippen molar-refractivity contribution in [3.8, 4) is 22.7 Å². The Balaban J connectivity index is 1.52. The summed E-state index contributed by atoms with van der Waals surface area (Å²) < 4.78 is 49.5. The van der Waals surface area contributed by atoms with E-state index in [1.54, 1.807) is 42.5 Å². The number of rotatable bonds is 6. The van der Waals surface area contributed by atoms with Gasteiger partial charge in [-0.25, -0.2) is 9.67 Å². The number of aromatic nitrogens is 3. The van der Waals surface area contributed by atoms with Crippen LogP contribution in [0.3, 0.4) is 0 Å². The molecule has 0 spiro atoms. The van der Waals surface area contributed by atoms with Gasteiger partial charge < -0.3 is 4.74 Å². The second-order valence-corrected chi connectivity index (χ2v) is 9.40. The van der Waals surface area contributed by atoms with E-state index in [1.165, 1.54) is 35.9 Å². The van der Waals surface area contributed by atoms with E-state index in [9.17, 15) is 23.3 Å². The zero-order chi connectivity index (χ0) is 27.9. The number of nitrogens with zero attached hydrogens (tertiary/aromatic N) is 4. The highest BCUT2D eigenvalue weighted by molar-refractivity contribution is 6.42. The van der Waals surface area contributed by atoms with Gasteiger partial charge in [0.2, 0.25) is 0 Å². The van der Waals surface area contributed by atoms with Crippen LogP contribution >= 0.6 is 23.2 Å². The smallest absolute Gasteiger partial charge is 0.417 e. The average Bonchev–Trinajstić information content (AvgIpc) is 3.24. The van der Waals surface area contributed by atoms with E-state index < -0.39 is 16.7 Å². The van der Waals surface area contributed by atoms with Crippen molar-refractivity contribution in [1.29, 1.82) is 0 Å². The Kier molecular flexibility index (Phi) is 6.92. The zero-order valence-electron chi connectivity index (χ0n) is 20.0. The number of ether oxygens (including phenoxy) is 1. The van der Waals surface area contributed by atoms with E-state index in [0.717, 1.165) is 11.6 Å². The molecular weight excluding hydrogens is 556 g/mol. The summed E-state index contributed by atoms with van der Waals surface area (Å²) in [5.41, 5.74) is 0.707. The molecule has 3 aromatic carbocycles. The first-order valence-electron chi connectivity index (χ1n) is 11.4. The quantitative estimate of drug-likeness (QED) is 0.151. The average molecular weight is 573 g/mol. The predicted octanol–water partition coefficient (Wildman–Crippen LogP) is 8.21. The molecule has 5 aromatic rings. The van der Waals surface area contributed by atoms with Crippen LogP contribution in [0.5, 0.6) is 5.75 Å². The Morgan fingerprint density at radius 2 is 1.67 bits per heavy atom. The number of alkyl halides is 3. The number of pyridine rings is 1. The van der Waals surface area contributed by atoms with Gasteiger partial charge in [0, 0.05) is 17.7 Å². The Morgan fingerprint density at radius 1 is 0.974 bits per heavy atom. The molecule has 198 valence electrons. The van der Waals surface area contributed by atoms with Crippen molar-refractivity contribution < 1.29 is 22.8 Å². The molecule has 0 unspecified atom stereocenters. The van der Waals surface area contributed by atoms with Crippen LogP contribution in [0.4, 0.5) is 18.9 Å². The maximum atomic E-state index is 14.1. The molecule has 0 aliphatic carbocycles. The van der Waals surface area contributed by atoms with Crippen LogP contribution < -0.4 is 4.74 Å². The summed E-state index contributed by atoms with van der Waals surface area (Å²) >= 11 is 12.0. The Hall–Kier alpha value is -4.15. The maximum absolute atomic E-state index is 14.1. The number of non-ortho nitro benzene ring substituents is 1. The molecule has 2 aromatic heterocycles. The summed E-state index contributed by atoms with van der Waals surface area (Å²) in [7, 11) is 0. The van der Waals surface area contributed by atoms with E-state index in [4.69, 9.17) is 27.9 Å². The lowest BCUT2D eigenvalue weighted by Gasteiger charge is -2.12. The first kappa shape index (κ1) is 26.5.